The van der Waals surface area contributed by atoms with Gasteiger partial charge in [0.05, 0.1) is 0 Å². The number of benzene rings is 1. The molecule has 1 heterocycles. The molecule has 1 aromatic carbocycles. The molecule has 6 heteroatoms. The van der Waals surface area contributed by atoms with Crippen molar-refractivity contribution in [1.29, 1.82) is 0 Å². The Morgan fingerprint density at radius 3 is 3.10 bits per heavy atom. The number of aryl methyl sites for hydroxylation is 1. The van der Waals surface area contributed by atoms with Gasteiger partial charge in [-0.3, -0.25) is 4.79 Å². The number of carbonyl (C=O) groups excluding carboxylic acids is 1. The molecule has 1 aromatic rings. The molecule has 0 aromatic heterocycles. The van der Waals surface area contributed by atoms with Gasteiger partial charge in [0.25, 0.3) is 0 Å². The Balaban J connectivity index is 1.63. The zero-order valence-corrected chi connectivity index (χ0v) is 14.2. The molecule has 1 atom stereocenters. The topological polar surface area (TPSA) is 41.1 Å². The van der Waals surface area contributed by atoms with Gasteiger partial charge < -0.3 is 10.6 Å². The normalized spacial score (nSPS) is 18.5. The van der Waals surface area contributed by atoms with Gasteiger partial charge in [-0.1, -0.05) is 22.0 Å². The van der Waals surface area contributed by atoms with E-state index in [1.54, 1.807) is 6.07 Å². The molecule has 0 saturated carbocycles. The van der Waals surface area contributed by atoms with Crippen LogP contribution >= 0.6 is 27.7 Å². The van der Waals surface area contributed by atoms with Gasteiger partial charge in [0.2, 0.25) is 5.91 Å². The van der Waals surface area contributed by atoms with E-state index in [9.17, 15) is 9.18 Å². The van der Waals surface area contributed by atoms with Crippen LogP contribution in [0.15, 0.2) is 22.7 Å². The van der Waals surface area contributed by atoms with Crippen molar-refractivity contribution in [3.8, 4) is 0 Å². The number of carbonyl (C=O) groups is 1. The van der Waals surface area contributed by atoms with E-state index in [1.807, 2.05) is 17.8 Å². The third kappa shape index (κ3) is 5.96. The fourth-order valence-corrected chi connectivity index (χ4v) is 3.56. The molecule has 0 aliphatic carbocycles. The molecule has 1 unspecified atom stereocenters. The van der Waals surface area contributed by atoms with Crippen LogP contribution in [0, 0.1) is 5.82 Å². The van der Waals surface area contributed by atoms with E-state index in [4.69, 9.17) is 0 Å². The van der Waals surface area contributed by atoms with Gasteiger partial charge in [-0.15, -0.1) is 0 Å². The molecule has 2 rings (SSSR count). The SMILES string of the molecule is O=C(CC1CSCCN1)NCCCc1ccc(Br)cc1F. The van der Waals surface area contributed by atoms with E-state index in [-0.39, 0.29) is 17.8 Å². The van der Waals surface area contributed by atoms with Crippen LogP contribution in [0.5, 0.6) is 0 Å². The van der Waals surface area contributed by atoms with Crippen LogP contribution < -0.4 is 10.6 Å². The van der Waals surface area contributed by atoms with Crippen LogP contribution in [0.3, 0.4) is 0 Å². The van der Waals surface area contributed by atoms with Crippen LogP contribution in [-0.2, 0) is 11.2 Å². The average molecular weight is 375 g/mol. The Labute approximate surface area is 137 Å². The fourth-order valence-electron chi connectivity index (χ4n) is 2.28. The number of hydrogen-bond donors (Lipinski definition) is 2. The highest BCUT2D eigenvalue weighted by molar-refractivity contribution is 9.10. The smallest absolute Gasteiger partial charge is 0.221 e. The highest BCUT2D eigenvalue weighted by Crippen LogP contribution is 2.16. The van der Waals surface area contributed by atoms with E-state index in [0.29, 0.717) is 24.9 Å². The lowest BCUT2D eigenvalue weighted by molar-refractivity contribution is -0.121. The van der Waals surface area contributed by atoms with Crippen molar-refractivity contribution in [3.05, 3.63) is 34.1 Å². The fraction of sp³-hybridized carbons (Fsp3) is 0.533. The molecule has 1 aliphatic heterocycles. The molecular formula is C15H20BrFN2OS. The highest BCUT2D eigenvalue weighted by atomic mass is 79.9. The minimum Gasteiger partial charge on any atom is -0.356 e. The van der Waals surface area contributed by atoms with Gasteiger partial charge in [-0.05, 0) is 30.5 Å². The molecule has 1 saturated heterocycles. The van der Waals surface area contributed by atoms with Crippen molar-refractivity contribution in [2.45, 2.75) is 25.3 Å². The number of halogens is 2. The van der Waals surface area contributed by atoms with Crippen molar-refractivity contribution in [1.82, 2.24) is 10.6 Å². The number of hydrogen-bond acceptors (Lipinski definition) is 3. The monoisotopic (exact) mass is 374 g/mol. The van der Waals surface area contributed by atoms with Crippen molar-refractivity contribution in [2.24, 2.45) is 0 Å². The summed E-state index contributed by atoms with van der Waals surface area (Å²) >= 11 is 5.12. The van der Waals surface area contributed by atoms with Crippen molar-refractivity contribution >= 4 is 33.6 Å². The number of rotatable bonds is 6. The van der Waals surface area contributed by atoms with E-state index >= 15 is 0 Å². The predicted octanol–water partition coefficient (Wildman–Crippen LogP) is 2.73. The first kappa shape index (κ1) is 16.8. The third-order valence-corrected chi connectivity index (χ3v) is 5.01. The van der Waals surface area contributed by atoms with Crippen LogP contribution in [0.1, 0.15) is 18.4 Å². The summed E-state index contributed by atoms with van der Waals surface area (Å²) in [7, 11) is 0. The maximum atomic E-state index is 13.6. The zero-order valence-electron chi connectivity index (χ0n) is 11.8. The molecule has 1 amide bonds. The number of amides is 1. The van der Waals surface area contributed by atoms with Crippen molar-refractivity contribution < 1.29 is 9.18 Å². The zero-order chi connectivity index (χ0) is 15.1. The Kier molecular flexibility index (Phi) is 6.99. The molecule has 116 valence electrons. The number of thioether (sulfide) groups is 1. The number of nitrogens with one attached hydrogen (secondary N) is 2. The van der Waals surface area contributed by atoms with E-state index in [1.165, 1.54) is 6.07 Å². The molecule has 0 radical (unpaired) electrons. The average Bonchev–Trinajstić information content (AvgIpc) is 2.46. The Morgan fingerprint density at radius 1 is 1.52 bits per heavy atom. The summed E-state index contributed by atoms with van der Waals surface area (Å²) in [6.45, 7) is 1.57. The molecule has 3 nitrogen and oxygen atoms in total. The molecule has 0 bridgehead atoms. The molecule has 2 N–H and O–H groups in total. The third-order valence-electron chi connectivity index (χ3n) is 3.39. The lowest BCUT2D eigenvalue weighted by Crippen LogP contribution is -2.41. The van der Waals surface area contributed by atoms with E-state index < -0.39 is 0 Å². The first-order valence-corrected chi connectivity index (χ1v) is 9.11. The lowest BCUT2D eigenvalue weighted by Gasteiger charge is -2.22. The second-order valence-corrected chi connectivity index (χ2v) is 7.18. The maximum Gasteiger partial charge on any atom is 0.221 e. The van der Waals surface area contributed by atoms with E-state index in [0.717, 1.165) is 28.9 Å². The van der Waals surface area contributed by atoms with Crippen molar-refractivity contribution in [3.63, 3.8) is 0 Å². The minimum absolute atomic E-state index is 0.0753. The van der Waals surface area contributed by atoms with Gasteiger partial charge in [0.1, 0.15) is 5.82 Å². The Bertz CT molecular complexity index is 481. The van der Waals surface area contributed by atoms with Gasteiger partial charge in [0.15, 0.2) is 0 Å². The van der Waals surface area contributed by atoms with Crippen molar-refractivity contribution in [2.75, 3.05) is 24.6 Å². The molecular weight excluding hydrogens is 355 g/mol. The minimum atomic E-state index is -0.195. The second kappa shape index (κ2) is 8.76. The first-order chi connectivity index (χ1) is 10.1. The Hall–Kier alpha value is -0.590. The molecule has 0 spiro atoms. The molecule has 1 fully saturated rings. The lowest BCUT2D eigenvalue weighted by atomic mass is 10.1. The molecule has 1 aliphatic rings. The summed E-state index contributed by atoms with van der Waals surface area (Å²) in [4.78, 5) is 11.8. The first-order valence-electron chi connectivity index (χ1n) is 7.17. The van der Waals surface area contributed by atoms with Crippen LogP contribution in [-0.4, -0.2) is 36.5 Å². The maximum absolute atomic E-state index is 13.6. The van der Waals surface area contributed by atoms with E-state index in [2.05, 4.69) is 26.6 Å². The van der Waals surface area contributed by atoms with Gasteiger partial charge in [-0.2, -0.15) is 11.8 Å². The van der Waals surface area contributed by atoms with Crippen LogP contribution in [0.25, 0.3) is 0 Å². The second-order valence-electron chi connectivity index (χ2n) is 5.12. The summed E-state index contributed by atoms with van der Waals surface area (Å²) < 4.78 is 14.4. The van der Waals surface area contributed by atoms with Gasteiger partial charge in [0, 0.05) is 41.5 Å². The Morgan fingerprint density at radius 2 is 2.38 bits per heavy atom. The summed E-state index contributed by atoms with van der Waals surface area (Å²) in [6.07, 6.45) is 1.91. The summed E-state index contributed by atoms with van der Waals surface area (Å²) in [5.41, 5.74) is 0.692. The van der Waals surface area contributed by atoms with Crippen LogP contribution in [0.2, 0.25) is 0 Å². The van der Waals surface area contributed by atoms with Crippen LogP contribution in [0.4, 0.5) is 4.39 Å². The quantitative estimate of drug-likeness (QED) is 0.752. The highest BCUT2D eigenvalue weighted by Gasteiger charge is 2.16. The standard InChI is InChI=1S/C15H20BrFN2OS/c16-12-4-3-11(14(17)8-12)2-1-5-19-15(20)9-13-10-21-7-6-18-13/h3-4,8,13,18H,1-2,5-7,9-10H2,(H,19,20). The summed E-state index contributed by atoms with van der Waals surface area (Å²) in [5, 5.41) is 6.25. The largest absolute Gasteiger partial charge is 0.356 e. The summed E-state index contributed by atoms with van der Waals surface area (Å²) in [6, 6.07) is 5.38. The van der Waals surface area contributed by atoms with Gasteiger partial charge in [-0.25, -0.2) is 4.39 Å². The summed E-state index contributed by atoms with van der Waals surface area (Å²) in [5.74, 6) is 2.00. The molecule has 21 heavy (non-hydrogen) atoms. The van der Waals surface area contributed by atoms with Gasteiger partial charge >= 0.3 is 0 Å². The predicted molar refractivity (Wildman–Crippen MR) is 89.2 cm³/mol.